The molecule has 1 aliphatic rings. The van der Waals surface area contributed by atoms with Crippen molar-refractivity contribution in [2.45, 2.75) is 43.9 Å². The van der Waals surface area contributed by atoms with Crippen molar-refractivity contribution in [1.29, 1.82) is 0 Å². The summed E-state index contributed by atoms with van der Waals surface area (Å²) in [6.07, 6.45) is -7.07. The lowest BCUT2D eigenvalue weighted by Crippen LogP contribution is -2.29. The summed E-state index contributed by atoms with van der Waals surface area (Å²) < 4.78 is 77.4. The Morgan fingerprint density at radius 2 is 1.29 bits per heavy atom. The van der Waals surface area contributed by atoms with E-state index < -0.39 is 31.3 Å². The quantitative estimate of drug-likeness (QED) is 0.582. The maximum absolute atomic E-state index is 12.9. The van der Waals surface area contributed by atoms with E-state index in [2.05, 4.69) is 0 Å². The fraction of sp³-hybridized carbons (Fsp3) is 0.571. The van der Waals surface area contributed by atoms with E-state index in [0.717, 1.165) is 25.0 Å². The molecule has 21 heavy (non-hydrogen) atoms. The van der Waals surface area contributed by atoms with E-state index in [1.807, 2.05) is 6.92 Å². The zero-order chi connectivity index (χ0) is 16.1. The number of rotatable bonds is 3. The van der Waals surface area contributed by atoms with Gasteiger partial charge in [-0.3, -0.25) is 0 Å². The second-order valence-corrected chi connectivity index (χ2v) is 4.95. The Morgan fingerprint density at radius 3 is 1.57 bits per heavy atom. The van der Waals surface area contributed by atoms with Crippen LogP contribution in [0.4, 0.5) is 26.3 Å². The molecule has 1 fully saturated rings. The minimum Gasteiger partial charge on any atom is -0.166 e. The molecule has 0 N–H and O–H groups in total. The van der Waals surface area contributed by atoms with Crippen LogP contribution < -0.4 is 0 Å². The van der Waals surface area contributed by atoms with Crippen molar-refractivity contribution in [1.82, 2.24) is 0 Å². The van der Waals surface area contributed by atoms with Crippen LogP contribution in [0, 0.1) is 5.92 Å². The van der Waals surface area contributed by atoms with Gasteiger partial charge in [-0.1, -0.05) is 37.7 Å². The van der Waals surface area contributed by atoms with Crippen molar-refractivity contribution >= 4 is 7.85 Å². The summed E-state index contributed by atoms with van der Waals surface area (Å²) in [7, 11) is -0.431. The molecule has 0 amide bonds. The van der Waals surface area contributed by atoms with E-state index in [0.29, 0.717) is 6.42 Å². The predicted molar refractivity (Wildman–Crippen MR) is 71.1 cm³/mol. The minimum absolute atomic E-state index is 0.215. The van der Waals surface area contributed by atoms with E-state index in [9.17, 15) is 26.3 Å². The highest BCUT2D eigenvalue weighted by molar-refractivity contribution is 6.16. The van der Waals surface area contributed by atoms with Gasteiger partial charge in [-0.05, 0) is 26.0 Å². The molecule has 1 atom stereocenters. The molecular formula is C14H16BF6-. The van der Waals surface area contributed by atoms with Crippen LogP contribution in [0.15, 0.2) is 18.2 Å². The van der Waals surface area contributed by atoms with Gasteiger partial charge in [0, 0.05) is 0 Å². The van der Waals surface area contributed by atoms with E-state index >= 15 is 0 Å². The second kappa shape index (κ2) is 4.95. The Bertz CT molecular complexity index is 497. The molecule has 1 aromatic carbocycles. The average Bonchev–Trinajstić information content (AvgIpc) is 3.19. The lowest BCUT2D eigenvalue weighted by molar-refractivity contribution is -0.143. The monoisotopic (exact) mass is 309 g/mol. The zero-order valence-corrected chi connectivity index (χ0v) is 10.7. The summed E-state index contributed by atoms with van der Waals surface area (Å²) in [4.78, 5) is 0. The highest BCUT2D eigenvalue weighted by Crippen LogP contribution is 2.49. The molecule has 1 saturated carbocycles. The lowest BCUT2D eigenvalue weighted by atomic mass is 9.59. The predicted octanol–water partition coefficient (Wildman–Crippen LogP) is 4.10. The molecule has 0 spiro atoms. The molecule has 118 valence electrons. The standard InChI is InChI=1S/C14H16BF6/c1-2-12(15,8-3-4-8)9-5-10(13(16,17)18)7-11(6-9)14(19,20)21/h5-8H,2-4H2,1,15H3/q-1. The Hall–Kier alpha value is -1.14. The van der Waals surface area contributed by atoms with Crippen molar-refractivity contribution in [2.24, 2.45) is 5.92 Å². The number of alkyl halides is 6. The molecule has 0 bridgehead atoms. The van der Waals surface area contributed by atoms with Crippen LogP contribution in [0.2, 0.25) is 0 Å². The van der Waals surface area contributed by atoms with Gasteiger partial charge in [0.05, 0.1) is 11.1 Å². The van der Waals surface area contributed by atoms with Gasteiger partial charge in [0.15, 0.2) is 0 Å². The Balaban J connectivity index is 2.60. The topological polar surface area (TPSA) is 0 Å². The third-order valence-electron chi connectivity index (χ3n) is 3.41. The Kier molecular flexibility index (Phi) is 3.83. The van der Waals surface area contributed by atoms with Crippen molar-refractivity contribution < 1.29 is 26.3 Å². The molecule has 0 heterocycles. The smallest absolute Gasteiger partial charge is 0.166 e. The molecule has 0 saturated heterocycles. The summed E-state index contributed by atoms with van der Waals surface area (Å²) >= 11 is 0. The van der Waals surface area contributed by atoms with E-state index in [4.69, 9.17) is 0 Å². The molecular weight excluding hydrogens is 293 g/mol. The molecule has 1 aromatic rings. The normalized spacial score (nSPS) is 19.4. The van der Waals surface area contributed by atoms with E-state index in [-0.39, 0.29) is 22.9 Å². The van der Waals surface area contributed by atoms with E-state index in [1.165, 1.54) is 0 Å². The number of halogens is 6. The first-order chi connectivity index (χ1) is 9.48. The fourth-order valence-corrected chi connectivity index (χ4v) is 2.30. The van der Waals surface area contributed by atoms with Crippen molar-refractivity contribution in [3.05, 3.63) is 34.9 Å². The Labute approximate surface area is 119 Å². The number of hydrogen-bond acceptors (Lipinski definition) is 0. The lowest BCUT2D eigenvalue weighted by Gasteiger charge is -2.36. The van der Waals surface area contributed by atoms with Crippen LogP contribution in [-0.4, -0.2) is 7.85 Å². The maximum Gasteiger partial charge on any atom is 0.416 e. The van der Waals surface area contributed by atoms with Gasteiger partial charge in [0.2, 0.25) is 0 Å². The van der Waals surface area contributed by atoms with Crippen LogP contribution in [0.5, 0.6) is 0 Å². The van der Waals surface area contributed by atoms with Crippen molar-refractivity contribution in [2.75, 3.05) is 0 Å². The average molecular weight is 309 g/mol. The second-order valence-electron chi connectivity index (χ2n) is 4.95. The largest absolute Gasteiger partial charge is 0.416 e. The van der Waals surface area contributed by atoms with Crippen LogP contribution in [-0.2, 0) is 17.7 Å². The Morgan fingerprint density at radius 1 is 0.905 bits per heavy atom. The van der Waals surface area contributed by atoms with Crippen LogP contribution in [0.3, 0.4) is 0 Å². The molecule has 7 heteroatoms. The molecule has 0 nitrogen and oxygen atoms in total. The van der Waals surface area contributed by atoms with Gasteiger partial charge in [-0.2, -0.15) is 26.3 Å². The first-order valence-corrected chi connectivity index (χ1v) is 6.28. The van der Waals surface area contributed by atoms with Gasteiger partial charge in [-0.15, -0.1) is 5.31 Å². The van der Waals surface area contributed by atoms with Gasteiger partial charge < -0.3 is 0 Å². The van der Waals surface area contributed by atoms with Crippen LogP contribution >= 0.6 is 0 Å². The highest BCUT2D eigenvalue weighted by atomic mass is 19.4. The molecule has 2 rings (SSSR count). The third-order valence-corrected chi connectivity index (χ3v) is 3.41. The van der Waals surface area contributed by atoms with Crippen LogP contribution in [0.1, 0.15) is 42.9 Å². The highest BCUT2D eigenvalue weighted by Gasteiger charge is 2.41. The van der Waals surface area contributed by atoms with Gasteiger partial charge in [-0.25, -0.2) is 0 Å². The van der Waals surface area contributed by atoms with Gasteiger partial charge >= 0.3 is 12.4 Å². The maximum atomic E-state index is 12.9. The summed E-state index contributed by atoms with van der Waals surface area (Å²) in [5, 5.41) is -0.388. The SMILES string of the molecule is [BH3-]C(CC)(c1cc(C(F)(F)F)cc(C(F)(F)F)c1)C1CC1. The number of benzene rings is 1. The van der Waals surface area contributed by atoms with Crippen LogP contribution in [0.25, 0.3) is 0 Å². The molecule has 1 unspecified atom stereocenters. The summed E-state index contributed by atoms with van der Waals surface area (Å²) in [6, 6.07) is 2.08. The van der Waals surface area contributed by atoms with Crippen molar-refractivity contribution in [3.8, 4) is 0 Å². The zero-order valence-electron chi connectivity index (χ0n) is 10.7. The number of hydrogen-bond donors (Lipinski definition) is 0. The van der Waals surface area contributed by atoms with Gasteiger partial charge in [0.25, 0.3) is 0 Å². The summed E-state index contributed by atoms with van der Waals surface area (Å²) in [5.74, 6) is 0.270. The molecule has 0 aromatic heterocycles. The van der Waals surface area contributed by atoms with Gasteiger partial charge in [0.1, 0.15) is 0 Å². The first-order valence-electron chi connectivity index (χ1n) is 6.28. The summed E-state index contributed by atoms with van der Waals surface area (Å²) in [6.45, 7) is 1.86. The fourth-order valence-electron chi connectivity index (χ4n) is 2.30. The minimum atomic E-state index is -4.76. The first kappa shape index (κ1) is 16.2. The summed E-state index contributed by atoms with van der Waals surface area (Å²) in [5.41, 5.74) is -2.13. The molecule has 1 aliphatic carbocycles. The van der Waals surface area contributed by atoms with Crippen molar-refractivity contribution in [3.63, 3.8) is 0 Å². The molecule has 0 aliphatic heterocycles. The third kappa shape index (κ3) is 3.21. The van der Waals surface area contributed by atoms with E-state index in [1.54, 1.807) is 0 Å². The molecule has 0 radical (unpaired) electrons.